The molecule has 100 valence electrons. The van der Waals surface area contributed by atoms with E-state index in [1.165, 1.54) is 6.42 Å². The Morgan fingerprint density at radius 3 is 2.29 bits per heavy atom. The van der Waals surface area contributed by atoms with Gasteiger partial charge in [0.2, 0.25) is 0 Å². The minimum Gasteiger partial charge on any atom is -0.195 e. The Hall–Kier alpha value is 0.350. The molecule has 1 aliphatic heterocycles. The monoisotopic (exact) mass is 324 g/mol. The maximum atomic E-state index is 12.4. The Balaban J connectivity index is 2.09. The number of alkyl halides is 1. The highest BCUT2D eigenvalue weighted by Gasteiger charge is 2.37. The number of halogens is 1. The van der Waals surface area contributed by atoms with Gasteiger partial charge in [0.1, 0.15) is 0 Å². The van der Waals surface area contributed by atoms with Gasteiger partial charge < -0.3 is 0 Å². The maximum absolute atomic E-state index is 12.4. The largest absolute Gasteiger partial charge is 0.282 e. The molecule has 1 saturated carbocycles. The molecule has 17 heavy (non-hydrogen) atoms. The lowest BCUT2D eigenvalue weighted by Gasteiger charge is -2.36. The van der Waals surface area contributed by atoms with Crippen molar-refractivity contribution in [3.8, 4) is 0 Å². The molecule has 0 radical (unpaired) electrons. The van der Waals surface area contributed by atoms with Crippen LogP contribution in [0.1, 0.15) is 38.5 Å². The number of rotatable bonds is 3. The SMILES string of the molecule is CN(C1CCCCC1Br)S(=O)(=O)N1CCCC1. The van der Waals surface area contributed by atoms with Crippen molar-refractivity contribution < 1.29 is 8.42 Å². The van der Waals surface area contributed by atoms with E-state index in [1.807, 2.05) is 0 Å². The van der Waals surface area contributed by atoms with Crippen LogP contribution in [-0.2, 0) is 10.2 Å². The minimum atomic E-state index is -3.23. The van der Waals surface area contributed by atoms with Crippen molar-refractivity contribution in [2.75, 3.05) is 20.1 Å². The average Bonchev–Trinajstić information content (AvgIpc) is 2.83. The summed E-state index contributed by atoms with van der Waals surface area (Å²) < 4.78 is 28.0. The maximum Gasteiger partial charge on any atom is 0.282 e. The molecule has 2 fully saturated rings. The third-order valence-electron chi connectivity index (χ3n) is 3.87. The van der Waals surface area contributed by atoms with Gasteiger partial charge in [-0.3, -0.25) is 0 Å². The van der Waals surface area contributed by atoms with Crippen LogP contribution in [0.15, 0.2) is 0 Å². The number of hydrogen-bond donors (Lipinski definition) is 0. The van der Waals surface area contributed by atoms with E-state index in [0.29, 0.717) is 17.9 Å². The highest BCUT2D eigenvalue weighted by atomic mass is 79.9. The van der Waals surface area contributed by atoms with Crippen molar-refractivity contribution in [1.29, 1.82) is 0 Å². The number of hydrogen-bond acceptors (Lipinski definition) is 2. The van der Waals surface area contributed by atoms with E-state index in [1.54, 1.807) is 15.7 Å². The fourth-order valence-corrected chi connectivity index (χ4v) is 5.53. The molecule has 0 N–H and O–H groups in total. The fourth-order valence-electron chi connectivity index (χ4n) is 2.75. The van der Waals surface area contributed by atoms with E-state index >= 15 is 0 Å². The summed E-state index contributed by atoms with van der Waals surface area (Å²) in [6.07, 6.45) is 6.37. The van der Waals surface area contributed by atoms with Gasteiger partial charge in [-0.1, -0.05) is 28.8 Å². The summed E-state index contributed by atoms with van der Waals surface area (Å²) in [4.78, 5) is 0.304. The second-order valence-corrected chi connectivity index (χ2v) is 8.16. The van der Waals surface area contributed by atoms with Crippen LogP contribution in [0, 0.1) is 0 Å². The zero-order valence-electron chi connectivity index (χ0n) is 10.3. The molecule has 0 amide bonds. The minimum absolute atomic E-state index is 0.120. The second kappa shape index (κ2) is 5.55. The van der Waals surface area contributed by atoms with Crippen molar-refractivity contribution in [1.82, 2.24) is 8.61 Å². The first-order valence-corrected chi connectivity index (χ1v) is 8.72. The smallest absolute Gasteiger partial charge is 0.195 e. The van der Waals surface area contributed by atoms with Crippen LogP contribution in [-0.4, -0.2) is 48.0 Å². The van der Waals surface area contributed by atoms with Crippen LogP contribution in [0.2, 0.25) is 0 Å². The summed E-state index contributed by atoms with van der Waals surface area (Å²) in [5.41, 5.74) is 0. The van der Waals surface area contributed by atoms with E-state index in [-0.39, 0.29) is 6.04 Å². The van der Waals surface area contributed by atoms with Crippen molar-refractivity contribution >= 4 is 26.1 Å². The standard InChI is InChI=1S/C11H21BrN2O2S/c1-13(11-7-3-2-6-10(11)12)17(15,16)14-8-4-5-9-14/h10-11H,2-9H2,1H3. The predicted octanol–water partition coefficient (Wildman–Crippen LogP) is 1.96. The fraction of sp³-hybridized carbons (Fsp3) is 1.00. The molecular formula is C11H21BrN2O2S. The molecule has 1 saturated heterocycles. The van der Waals surface area contributed by atoms with Crippen LogP contribution >= 0.6 is 15.9 Å². The normalized spacial score (nSPS) is 32.2. The molecule has 0 aromatic carbocycles. The highest BCUT2D eigenvalue weighted by Crippen LogP contribution is 2.30. The lowest BCUT2D eigenvalue weighted by molar-refractivity contribution is 0.278. The van der Waals surface area contributed by atoms with Gasteiger partial charge in [0.05, 0.1) is 0 Å². The summed E-state index contributed by atoms with van der Waals surface area (Å²) in [6.45, 7) is 1.37. The first-order chi connectivity index (χ1) is 8.03. The lowest BCUT2D eigenvalue weighted by Crippen LogP contribution is -2.49. The molecule has 6 heteroatoms. The molecule has 1 aliphatic carbocycles. The highest BCUT2D eigenvalue weighted by molar-refractivity contribution is 9.09. The third-order valence-corrected chi connectivity index (χ3v) is 6.95. The van der Waals surface area contributed by atoms with E-state index in [9.17, 15) is 8.42 Å². The molecular weight excluding hydrogens is 304 g/mol. The van der Waals surface area contributed by atoms with E-state index in [2.05, 4.69) is 15.9 Å². The summed E-state index contributed by atoms with van der Waals surface area (Å²) in [7, 11) is -1.50. The van der Waals surface area contributed by atoms with Gasteiger partial charge in [0.15, 0.2) is 0 Å². The summed E-state index contributed by atoms with van der Waals surface area (Å²) in [5, 5.41) is 0. The molecule has 2 aliphatic rings. The Morgan fingerprint density at radius 1 is 1.12 bits per heavy atom. The molecule has 2 rings (SSSR count). The topological polar surface area (TPSA) is 40.6 Å². The van der Waals surface area contributed by atoms with Gasteiger partial charge in [-0.05, 0) is 25.7 Å². The van der Waals surface area contributed by atoms with E-state index in [0.717, 1.165) is 32.1 Å². The van der Waals surface area contributed by atoms with Crippen molar-refractivity contribution in [2.24, 2.45) is 0 Å². The molecule has 0 aromatic rings. The van der Waals surface area contributed by atoms with Crippen molar-refractivity contribution in [3.05, 3.63) is 0 Å². The third kappa shape index (κ3) is 2.85. The molecule has 2 atom stereocenters. The van der Waals surface area contributed by atoms with Crippen LogP contribution in [0.4, 0.5) is 0 Å². The first kappa shape index (κ1) is 13.8. The Kier molecular flexibility index (Phi) is 4.50. The quantitative estimate of drug-likeness (QED) is 0.745. The van der Waals surface area contributed by atoms with Crippen LogP contribution < -0.4 is 0 Å². The molecule has 1 heterocycles. The molecule has 4 nitrogen and oxygen atoms in total. The first-order valence-electron chi connectivity index (χ1n) is 6.40. The van der Waals surface area contributed by atoms with Gasteiger partial charge >= 0.3 is 0 Å². The summed E-state index contributed by atoms with van der Waals surface area (Å²) >= 11 is 3.63. The lowest BCUT2D eigenvalue weighted by atomic mass is 9.96. The second-order valence-electron chi connectivity index (χ2n) is 5.00. The van der Waals surface area contributed by atoms with Gasteiger partial charge in [0.25, 0.3) is 10.2 Å². The molecule has 0 spiro atoms. The van der Waals surface area contributed by atoms with Crippen molar-refractivity contribution in [2.45, 2.75) is 49.4 Å². The Labute approximate surface area is 113 Å². The van der Waals surface area contributed by atoms with Gasteiger partial charge in [-0.15, -0.1) is 0 Å². The van der Waals surface area contributed by atoms with E-state index < -0.39 is 10.2 Å². The van der Waals surface area contributed by atoms with Gasteiger partial charge in [-0.2, -0.15) is 17.0 Å². The van der Waals surface area contributed by atoms with Gasteiger partial charge in [0, 0.05) is 31.0 Å². The summed E-state index contributed by atoms with van der Waals surface area (Å²) in [5.74, 6) is 0. The molecule has 0 aromatic heterocycles. The average molecular weight is 325 g/mol. The van der Waals surface area contributed by atoms with Crippen LogP contribution in [0.25, 0.3) is 0 Å². The summed E-state index contributed by atoms with van der Waals surface area (Å²) in [6, 6.07) is 0.120. The predicted molar refractivity (Wildman–Crippen MR) is 72.5 cm³/mol. The molecule has 0 bridgehead atoms. The number of nitrogens with zero attached hydrogens (tertiary/aromatic N) is 2. The van der Waals surface area contributed by atoms with Gasteiger partial charge in [-0.25, -0.2) is 0 Å². The zero-order chi connectivity index (χ0) is 12.5. The Morgan fingerprint density at radius 2 is 1.71 bits per heavy atom. The van der Waals surface area contributed by atoms with Crippen LogP contribution in [0.5, 0.6) is 0 Å². The van der Waals surface area contributed by atoms with Crippen LogP contribution in [0.3, 0.4) is 0 Å². The van der Waals surface area contributed by atoms with Crippen molar-refractivity contribution in [3.63, 3.8) is 0 Å². The molecule has 2 unspecified atom stereocenters. The van der Waals surface area contributed by atoms with E-state index in [4.69, 9.17) is 0 Å². The zero-order valence-corrected chi connectivity index (χ0v) is 12.7. The Bertz CT molecular complexity index is 354.